The maximum absolute atomic E-state index is 3.87. The molecular formula is C15H29N. The number of rotatable bonds is 4. The fraction of sp³-hybridized carbons (Fsp3) is 1.00. The third-order valence-electron chi connectivity index (χ3n) is 5.04. The molecule has 1 nitrogen and oxygen atoms in total. The minimum absolute atomic E-state index is 0.671. The molecule has 0 aromatic carbocycles. The van der Waals surface area contributed by atoms with Crippen molar-refractivity contribution in [2.24, 2.45) is 23.2 Å². The Morgan fingerprint density at radius 1 is 1.06 bits per heavy atom. The van der Waals surface area contributed by atoms with Crippen molar-refractivity contribution in [3.05, 3.63) is 0 Å². The first kappa shape index (κ1) is 12.4. The predicted molar refractivity (Wildman–Crippen MR) is 70.5 cm³/mol. The summed E-state index contributed by atoms with van der Waals surface area (Å²) in [6.45, 7) is 10.9. The van der Waals surface area contributed by atoms with E-state index in [1.807, 2.05) is 0 Å². The van der Waals surface area contributed by atoms with Crippen LogP contribution in [-0.2, 0) is 0 Å². The van der Waals surface area contributed by atoms with Gasteiger partial charge in [0.1, 0.15) is 0 Å². The Morgan fingerprint density at radius 2 is 1.62 bits per heavy atom. The average Bonchev–Trinajstić information content (AvgIpc) is 2.94. The Morgan fingerprint density at radius 3 is 2.06 bits per heavy atom. The van der Waals surface area contributed by atoms with E-state index in [-0.39, 0.29) is 0 Å². The van der Waals surface area contributed by atoms with Gasteiger partial charge in [0.05, 0.1) is 0 Å². The lowest BCUT2D eigenvalue weighted by atomic mass is 9.80. The van der Waals surface area contributed by atoms with E-state index in [0.29, 0.717) is 5.41 Å². The van der Waals surface area contributed by atoms with Crippen molar-refractivity contribution < 1.29 is 0 Å². The molecule has 0 aromatic rings. The molecule has 0 aliphatic heterocycles. The van der Waals surface area contributed by atoms with E-state index < -0.39 is 0 Å². The quantitative estimate of drug-likeness (QED) is 0.763. The van der Waals surface area contributed by atoms with Gasteiger partial charge in [-0.05, 0) is 55.3 Å². The van der Waals surface area contributed by atoms with Gasteiger partial charge >= 0.3 is 0 Å². The number of hydrogen-bond acceptors (Lipinski definition) is 1. The van der Waals surface area contributed by atoms with Crippen LogP contribution in [-0.4, -0.2) is 12.6 Å². The van der Waals surface area contributed by atoms with Crippen molar-refractivity contribution in [2.75, 3.05) is 6.54 Å². The number of hydrogen-bond donors (Lipinski definition) is 1. The van der Waals surface area contributed by atoms with Crippen molar-refractivity contribution >= 4 is 0 Å². The van der Waals surface area contributed by atoms with Crippen molar-refractivity contribution in [3.63, 3.8) is 0 Å². The lowest BCUT2D eigenvalue weighted by Gasteiger charge is -2.33. The molecule has 0 amide bonds. The highest BCUT2D eigenvalue weighted by molar-refractivity contribution is 4.98. The van der Waals surface area contributed by atoms with E-state index >= 15 is 0 Å². The molecule has 2 rings (SSSR count). The van der Waals surface area contributed by atoms with Crippen LogP contribution in [0.4, 0.5) is 0 Å². The van der Waals surface area contributed by atoms with Gasteiger partial charge in [0.15, 0.2) is 0 Å². The third kappa shape index (κ3) is 2.80. The van der Waals surface area contributed by atoms with Crippen LogP contribution in [0.5, 0.6) is 0 Å². The Bertz CT molecular complexity index is 220. The normalized spacial score (nSPS) is 37.7. The van der Waals surface area contributed by atoms with Gasteiger partial charge in [-0.15, -0.1) is 0 Å². The molecule has 2 unspecified atom stereocenters. The zero-order valence-electron chi connectivity index (χ0n) is 11.6. The first-order valence-electron chi connectivity index (χ1n) is 7.25. The average molecular weight is 223 g/mol. The highest BCUT2D eigenvalue weighted by atomic mass is 14.9. The topological polar surface area (TPSA) is 12.0 Å². The molecule has 1 heteroatoms. The Balaban J connectivity index is 1.77. The molecule has 94 valence electrons. The number of nitrogens with one attached hydrogen (secondary N) is 1. The van der Waals surface area contributed by atoms with Crippen LogP contribution in [0.3, 0.4) is 0 Å². The smallest absolute Gasteiger partial charge is 0.00723 e. The summed E-state index contributed by atoms with van der Waals surface area (Å²) in [6, 6.07) is 0.801. The van der Waals surface area contributed by atoms with Crippen molar-refractivity contribution in [2.45, 2.75) is 65.8 Å². The van der Waals surface area contributed by atoms with Crippen LogP contribution in [0.2, 0.25) is 0 Å². The lowest BCUT2D eigenvalue weighted by molar-refractivity contribution is 0.219. The molecular weight excluding hydrogens is 194 g/mol. The maximum atomic E-state index is 3.87. The molecule has 2 aliphatic rings. The summed E-state index contributed by atoms with van der Waals surface area (Å²) >= 11 is 0. The molecule has 2 saturated carbocycles. The fourth-order valence-electron chi connectivity index (χ4n) is 3.58. The Hall–Kier alpha value is -0.0400. The molecule has 2 aliphatic carbocycles. The van der Waals surface area contributed by atoms with Gasteiger partial charge in [0.25, 0.3) is 0 Å². The Kier molecular flexibility index (Phi) is 3.63. The largest absolute Gasteiger partial charge is 0.313 e. The van der Waals surface area contributed by atoms with E-state index in [4.69, 9.17) is 0 Å². The van der Waals surface area contributed by atoms with Gasteiger partial charge < -0.3 is 5.32 Å². The molecule has 0 bridgehead atoms. The summed E-state index contributed by atoms with van der Waals surface area (Å²) < 4.78 is 0. The van der Waals surface area contributed by atoms with Gasteiger partial charge in [0.2, 0.25) is 0 Å². The first-order valence-corrected chi connectivity index (χ1v) is 7.25. The van der Waals surface area contributed by atoms with Gasteiger partial charge in [-0.3, -0.25) is 0 Å². The third-order valence-corrected chi connectivity index (χ3v) is 5.04. The molecule has 2 fully saturated rings. The standard InChI is InChI=1S/C15H29N/c1-11(2)15(5-6-15)10-16-14-8-12(3)7-13(4)9-14/h11-14,16H,5-10H2,1-4H3. The monoisotopic (exact) mass is 223 g/mol. The minimum Gasteiger partial charge on any atom is -0.313 e. The van der Waals surface area contributed by atoms with Gasteiger partial charge in [0, 0.05) is 12.6 Å². The van der Waals surface area contributed by atoms with Crippen molar-refractivity contribution in [1.29, 1.82) is 0 Å². The second-order valence-corrected chi connectivity index (χ2v) is 7.01. The van der Waals surface area contributed by atoms with Crippen LogP contribution in [0.1, 0.15) is 59.8 Å². The molecule has 0 aromatic heterocycles. The van der Waals surface area contributed by atoms with Gasteiger partial charge in [-0.1, -0.05) is 27.7 Å². The molecule has 0 saturated heterocycles. The first-order chi connectivity index (χ1) is 7.52. The summed E-state index contributed by atoms with van der Waals surface area (Å²) in [5, 5.41) is 3.87. The van der Waals surface area contributed by atoms with Crippen LogP contribution in [0, 0.1) is 23.2 Å². The second kappa shape index (κ2) is 4.68. The van der Waals surface area contributed by atoms with Crippen LogP contribution < -0.4 is 5.32 Å². The van der Waals surface area contributed by atoms with Crippen molar-refractivity contribution in [3.8, 4) is 0 Å². The summed E-state index contributed by atoms with van der Waals surface area (Å²) in [5.74, 6) is 2.71. The van der Waals surface area contributed by atoms with E-state index in [9.17, 15) is 0 Å². The summed E-state index contributed by atoms with van der Waals surface area (Å²) in [6.07, 6.45) is 7.15. The van der Waals surface area contributed by atoms with Crippen LogP contribution in [0.15, 0.2) is 0 Å². The molecule has 0 heterocycles. The second-order valence-electron chi connectivity index (χ2n) is 7.01. The highest BCUT2D eigenvalue weighted by Crippen LogP contribution is 2.51. The summed E-state index contributed by atoms with van der Waals surface area (Å²) in [5.41, 5.74) is 0.671. The zero-order valence-corrected chi connectivity index (χ0v) is 11.6. The van der Waals surface area contributed by atoms with E-state index in [0.717, 1.165) is 23.8 Å². The molecule has 2 atom stereocenters. The molecule has 16 heavy (non-hydrogen) atoms. The van der Waals surface area contributed by atoms with E-state index in [1.54, 1.807) is 0 Å². The van der Waals surface area contributed by atoms with Gasteiger partial charge in [-0.25, -0.2) is 0 Å². The molecule has 1 N–H and O–H groups in total. The summed E-state index contributed by atoms with van der Waals surface area (Å²) in [7, 11) is 0. The predicted octanol–water partition coefficient (Wildman–Crippen LogP) is 3.84. The summed E-state index contributed by atoms with van der Waals surface area (Å²) in [4.78, 5) is 0. The van der Waals surface area contributed by atoms with E-state index in [1.165, 1.54) is 38.6 Å². The highest BCUT2D eigenvalue weighted by Gasteiger charge is 2.45. The maximum Gasteiger partial charge on any atom is 0.00723 e. The van der Waals surface area contributed by atoms with Crippen molar-refractivity contribution in [1.82, 2.24) is 5.32 Å². The molecule has 0 spiro atoms. The SMILES string of the molecule is CC1CC(C)CC(NCC2(C(C)C)CC2)C1. The Labute approximate surface area is 101 Å². The van der Waals surface area contributed by atoms with Crippen LogP contribution in [0.25, 0.3) is 0 Å². The van der Waals surface area contributed by atoms with E-state index in [2.05, 4.69) is 33.0 Å². The van der Waals surface area contributed by atoms with Crippen LogP contribution >= 0.6 is 0 Å². The zero-order chi connectivity index (χ0) is 11.8. The lowest BCUT2D eigenvalue weighted by Crippen LogP contribution is -2.40. The minimum atomic E-state index is 0.671. The van der Waals surface area contributed by atoms with Gasteiger partial charge in [-0.2, -0.15) is 0 Å². The fourth-order valence-corrected chi connectivity index (χ4v) is 3.58. The molecule has 0 radical (unpaired) electrons.